The third-order valence-corrected chi connectivity index (χ3v) is 6.02. The number of para-hydroxylation sites is 1. The predicted molar refractivity (Wildman–Crippen MR) is 131 cm³/mol. The summed E-state index contributed by atoms with van der Waals surface area (Å²) in [6, 6.07) is 19.6. The summed E-state index contributed by atoms with van der Waals surface area (Å²) in [5, 5.41) is 3.37. The molecule has 3 rings (SSSR count). The number of nitrogens with one attached hydrogen (secondary N) is 1. The lowest BCUT2D eigenvalue weighted by molar-refractivity contribution is 0.129. The summed E-state index contributed by atoms with van der Waals surface area (Å²) in [6.45, 7) is 5.25. The summed E-state index contributed by atoms with van der Waals surface area (Å²) >= 11 is 0. The molecule has 1 heterocycles. The SMILES string of the molecule is CCNC(=NCCS(=O)c1ccccc1)N1CCC(Oc2ccccc2)CC1.I. The molecule has 0 spiro atoms. The van der Waals surface area contributed by atoms with E-state index < -0.39 is 10.8 Å². The van der Waals surface area contributed by atoms with Crippen molar-refractivity contribution in [1.82, 2.24) is 10.2 Å². The van der Waals surface area contributed by atoms with E-state index in [1.807, 2.05) is 60.7 Å². The zero-order chi connectivity index (χ0) is 19.6. The molecular weight excluding hydrogens is 497 g/mol. The smallest absolute Gasteiger partial charge is 0.193 e. The van der Waals surface area contributed by atoms with E-state index in [4.69, 9.17) is 9.73 Å². The molecule has 29 heavy (non-hydrogen) atoms. The zero-order valence-electron chi connectivity index (χ0n) is 16.8. The maximum atomic E-state index is 12.4. The fourth-order valence-electron chi connectivity index (χ4n) is 3.23. The average molecular weight is 527 g/mol. The van der Waals surface area contributed by atoms with Gasteiger partial charge in [0.05, 0.1) is 17.3 Å². The van der Waals surface area contributed by atoms with Gasteiger partial charge in [0, 0.05) is 43.1 Å². The second-order valence-corrected chi connectivity index (χ2v) is 8.29. The van der Waals surface area contributed by atoms with Gasteiger partial charge in [-0.25, -0.2) is 0 Å². The number of aliphatic imine (C=N–C) groups is 1. The van der Waals surface area contributed by atoms with Gasteiger partial charge in [0.25, 0.3) is 0 Å². The molecule has 158 valence electrons. The van der Waals surface area contributed by atoms with Crippen LogP contribution < -0.4 is 10.1 Å². The lowest BCUT2D eigenvalue weighted by atomic mass is 10.1. The molecule has 5 nitrogen and oxygen atoms in total. The fourth-order valence-corrected chi connectivity index (χ4v) is 4.18. The van der Waals surface area contributed by atoms with E-state index in [1.165, 1.54) is 0 Å². The van der Waals surface area contributed by atoms with Crippen LogP contribution in [-0.2, 0) is 10.8 Å². The molecule has 1 unspecified atom stereocenters. The fraction of sp³-hybridized carbons (Fsp3) is 0.409. The highest BCUT2D eigenvalue weighted by atomic mass is 127. The number of hydrogen-bond donors (Lipinski definition) is 1. The molecule has 1 aliphatic heterocycles. The van der Waals surface area contributed by atoms with Crippen molar-refractivity contribution in [3.63, 3.8) is 0 Å². The van der Waals surface area contributed by atoms with Gasteiger partial charge in [0.15, 0.2) is 5.96 Å². The number of ether oxygens (including phenoxy) is 1. The Bertz CT molecular complexity index is 766. The molecule has 0 amide bonds. The highest BCUT2D eigenvalue weighted by Crippen LogP contribution is 2.18. The van der Waals surface area contributed by atoms with Crippen LogP contribution in [0.5, 0.6) is 5.75 Å². The number of rotatable bonds is 7. The van der Waals surface area contributed by atoms with Crippen LogP contribution in [0.4, 0.5) is 0 Å². The van der Waals surface area contributed by atoms with Crippen LogP contribution in [0.25, 0.3) is 0 Å². The van der Waals surface area contributed by atoms with Gasteiger partial charge in [-0.05, 0) is 31.2 Å². The largest absolute Gasteiger partial charge is 0.490 e. The molecule has 1 aliphatic rings. The average Bonchev–Trinajstić information content (AvgIpc) is 2.75. The first-order chi connectivity index (χ1) is 13.8. The standard InChI is InChI=1S/C22H29N3O2S.HI/c1-2-23-22(24-15-18-28(26)21-11-7-4-8-12-21)25-16-13-20(14-17-25)27-19-9-5-3-6-10-19;/h3-12,20H,2,13-18H2,1H3,(H,23,24);1H. The Morgan fingerprint density at radius 3 is 2.34 bits per heavy atom. The van der Waals surface area contributed by atoms with E-state index in [0.29, 0.717) is 12.3 Å². The van der Waals surface area contributed by atoms with Crippen molar-refractivity contribution in [3.8, 4) is 5.75 Å². The lowest BCUT2D eigenvalue weighted by Gasteiger charge is -2.34. The maximum Gasteiger partial charge on any atom is 0.193 e. The monoisotopic (exact) mass is 527 g/mol. The minimum Gasteiger partial charge on any atom is -0.490 e. The minimum absolute atomic E-state index is 0. The molecule has 0 bridgehead atoms. The van der Waals surface area contributed by atoms with Gasteiger partial charge in [0.1, 0.15) is 11.9 Å². The van der Waals surface area contributed by atoms with Crippen molar-refractivity contribution in [2.75, 3.05) is 31.9 Å². The zero-order valence-corrected chi connectivity index (χ0v) is 20.0. The molecule has 0 radical (unpaired) electrons. The molecule has 1 fully saturated rings. The van der Waals surface area contributed by atoms with Gasteiger partial charge >= 0.3 is 0 Å². The molecule has 0 aromatic heterocycles. The van der Waals surface area contributed by atoms with Crippen molar-refractivity contribution in [3.05, 3.63) is 60.7 Å². The number of halogens is 1. The second-order valence-electron chi connectivity index (χ2n) is 6.72. The number of guanidine groups is 1. The van der Waals surface area contributed by atoms with Gasteiger partial charge in [-0.3, -0.25) is 9.20 Å². The molecule has 0 saturated carbocycles. The third kappa shape index (κ3) is 7.62. The van der Waals surface area contributed by atoms with E-state index in [9.17, 15) is 4.21 Å². The van der Waals surface area contributed by atoms with Gasteiger partial charge in [-0.1, -0.05) is 36.4 Å². The summed E-state index contributed by atoms with van der Waals surface area (Å²) in [7, 11) is -1.01. The van der Waals surface area contributed by atoms with Gasteiger partial charge in [-0.2, -0.15) is 0 Å². The highest BCUT2D eigenvalue weighted by molar-refractivity contribution is 14.0. The number of benzene rings is 2. The molecule has 1 saturated heterocycles. The number of hydrogen-bond acceptors (Lipinski definition) is 3. The summed E-state index contributed by atoms with van der Waals surface area (Å²) < 4.78 is 18.4. The molecule has 2 aromatic carbocycles. The number of piperidine rings is 1. The van der Waals surface area contributed by atoms with Crippen LogP contribution in [0.15, 0.2) is 70.6 Å². The van der Waals surface area contributed by atoms with Crippen molar-refractivity contribution >= 4 is 40.7 Å². The Balaban J connectivity index is 0.00000300. The van der Waals surface area contributed by atoms with Gasteiger partial charge < -0.3 is 15.0 Å². The van der Waals surface area contributed by atoms with Crippen molar-refractivity contribution < 1.29 is 8.95 Å². The number of likely N-dealkylation sites (tertiary alicyclic amines) is 1. The normalized spacial score (nSPS) is 16.0. The van der Waals surface area contributed by atoms with Crippen LogP contribution >= 0.6 is 24.0 Å². The quantitative estimate of drug-likeness (QED) is 0.337. The Morgan fingerprint density at radius 1 is 1.10 bits per heavy atom. The van der Waals surface area contributed by atoms with E-state index in [0.717, 1.165) is 49.1 Å². The Kier molecular flexibility index (Phi) is 10.5. The first-order valence-electron chi connectivity index (χ1n) is 9.94. The summed E-state index contributed by atoms with van der Waals surface area (Å²) in [6.07, 6.45) is 2.18. The molecule has 7 heteroatoms. The molecule has 0 aliphatic carbocycles. The second kappa shape index (κ2) is 12.8. The van der Waals surface area contributed by atoms with Crippen molar-refractivity contribution in [2.24, 2.45) is 4.99 Å². The van der Waals surface area contributed by atoms with Crippen LogP contribution in [0.3, 0.4) is 0 Å². The van der Waals surface area contributed by atoms with Gasteiger partial charge in [0.2, 0.25) is 0 Å². The summed E-state index contributed by atoms with van der Waals surface area (Å²) in [4.78, 5) is 7.85. The molecule has 1 N–H and O–H groups in total. The Morgan fingerprint density at radius 2 is 1.72 bits per heavy atom. The first-order valence-corrected chi connectivity index (χ1v) is 11.3. The van der Waals surface area contributed by atoms with E-state index >= 15 is 0 Å². The lowest BCUT2D eigenvalue weighted by Crippen LogP contribution is -2.47. The van der Waals surface area contributed by atoms with Crippen molar-refractivity contribution in [2.45, 2.75) is 30.8 Å². The topological polar surface area (TPSA) is 53.9 Å². The third-order valence-electron chi connectivity index (χ3n) is 4.67. The Hall–Kier alpha value is -1.61. The molecular formula is C22H30IN3O2S. The van der Waals surface area contributed by atoms with Crippen molar-refractivity contribution in [1.29, 1.82) is 0 Å². The summed E-state index contributed by atoms with van der Waals surface area (Å²) in [5.74, 6) is 2.38. The van der Waals surface area contributed by atoms with E-state index in [1.54, 1.807) is 0 Å². The summed E-state index contributed by atoms with van der Waals surface area (Å²) in [5.41, 5.74) is 0. The van der Waals surface area contributed by atoms with Crippen LogP contribution in [0.1, 0.15) is 19.8 Å². The maximum absolute atomic E-state index is 12.4. The molecule has 2 aromatic rings. The Labute approximate surface area is 193 Å². The minimum atomic E-state index is -1.01. The predicted octanol–water partition coefficient (Wildman–Crippen LogP) is 3.92. The molecule has 1 atom stereocenters. The van der Waals surface area contributed by atoms with Crippen LogP contribution in [-0.4, -0.2) is 53.1 Å². The van der Waals surface area contributed by atoms with Crippen LogP contribution in [0, 0.1) is 0 Å². The van der Waals surface area contributed by atoms with E-state index in [2.05, 4.69) is 17.1 Å². The number of nitrogens with zero attached hydrogens (tertiary/aromatic N) is 2. The van der Waals surface area contributed by atoms with Crippen LogP contribution in [0.2, 0.25) is 0 Å². The highest BCUT2D eigenvalue weighted by Gasteiger charge is 2.22. The van der Waals surface area contributed by atoms with E-state index in [-0.39, 0.29) is 30.1 Å². The first kappa shape index (κ1) is 23.7. The van der Waals surface area contributed by atoms with Gasteiger partial charge in [-0.15, -0.1) is 24.0 Å².